The number of esters is 1. The van der Waals surface area contributed by atoms with Crippen molar-refractivity contribution < 1.29 is 14.3 Å². The maximum atomic E-state index is 12.7. The Kier molecular flexibility index (Phi) is 4.88. The molecule has 0 spiro atoms. The second-order valence-corrected chi connectivity index (χ2v) is 6.56. The molecule has 25 heavy (non-hydrogen) atoms. The highest BCUT2D eigenvalue weighted by Crippen LogP contribution is 2.42. The largest absolute Gasteiger partial charge is 0.458 e. The maximum Gasteiger partial charge on any atom is 0.337 e. The highest BCUT2D eigenvalue weighted by molar-refractivity contribution is 6.03. The van der Waals surface area contributed by atoms with Gasteiger partial charge in [0, 0.05) is 29.3 Å². The molecule has 1 N–H and O–H groups in total. The van der Waals surface area contributed by atoms with Gasteiger partial charge in [-0.15, -0.1) is 0 Å². The number of ether oxygens (including phenoxy) is 1. The molecule has 1 aromatic carbocycles. The van der Waals surface area contributed by atoms with Crippen molar-refractivity contribution in [3.8, 4) is 0 Å². The minimum atomic E-state index is -0.402. The first-order valence-corrected chi connectivity index (χ1v) is 8.61. The zero-order chi connectivity index (χ0) is 18.0. The van der Waals surface area contributed by atoms with Gasteiger partial charge in [-0.2, -0.15) is 0 Å². The van der Waals surface area contributed by atoms with Crippen molar-refractivity contribution in [3.05, 3.63) is 70.6 Å². The van der Waals surface area contributed by atoms with E-state index in [1.54, 1.807) is 6.08 Å². The summed E-state index contributed by atoms with van der Waals surface area (Å²) in [6.45, 7) is 7.62. The molecule has 1 aliphatic carbocycles. The summed E-state index contributed by atoms with van der Waals surface area (Å²) in [6, 6.07) is 8.00. The van der Waals surface area contributed by atoms with E-state index in [0.29, 0.717) is 17.6 Å². The van der Waals surface area contributed by atoms with Gasteiger partial charge in [-0.3, -0.25) is 4.79 Å². The lowest BCUT2D eigenvalue weighted by Gasteiger charge is -2.34. The van der Waals surface area contributed by atoms with Crippen LogP contribution in [-0.4, -0.2) is 18.4 Å². The Morgan fingerprint density at radius 2 is 2.00 bits per heavy atom. The number of hydrogen-bond donors (Lipinski definition) is 1. The second-order valence-electron chi connectivity index (χ2n) is 6.56. The van der Waals surface area contributed by atoms with Gasteiger partial charge in [0.15, 0.2) is 5.78 Å². The minimum Gasteiger partial charge on any atom is -0.458 e. The predicted molar refractivity (Wildman–Crippen MR) is 96.8 cm³/mol. The molecule has 0 bridgehead atoms. The van der Waals surface area contributed by atoms with Gasteiger partial charge in [-0.1, -0.05) is 42.5 Å². The van der Waals surface area contributed by atoms with Crippen molar-refractivity contribution in [1.29, 1.82) is 0 Å². The summed E-state index contributed by atoms with van der Waals surface area (Å²) < 4.78 is 5.30. The lowest BCUT2D eigenvalue weighted by atomic mass is 9.75. The van der Waals surface area contributed by atoms with Crippen LogP contribution in [0, 0.1) is 6.92 Å². The van der Waals surface area contributed by atoms with E-state index in [4.69, 9.17) is 4.74 Å². The van der Waals surface area contributed by atoms with E-state index in [9.17, 15) is 9.59 Å². The number of allylic oxidation sites excluding steroid dienone is 3. The number of rotatable bonds is 4. The highest BCUT2D eigenvalue weighted by atomic mass is 16.5. The molecule has 3 rings (SSSR count). The van der Waals surface area contributed by atoms with Gasteiger partial charge >= 0.3 is 5.97 Å². The number of carbonyl (C=O) groups is 2. The third kappa shape index (κ3) is 3.29. The molecule has 0 saturated carbocycles. The monoisotopic (exact) mass is 337 g/mol. The number of ketones is 1. The van der Waals surface area contributed by atoms with E-state index in [2.05, 4.69) is 11.9 Å². The van der Waals surface area contributed by atoms with E-state index in [0.717, 1.165) is 35.4 Å². The van der Waals surface area contributed by atoms with Crippen molar-refractivity contribution in [2.24, 2.45) is 0 Å². The number of dihydropyridines is 1. The van der Waals surface area contributed by atoms with Gasteiger partial charge in [0.05, 0.1) is 5.57 Å². The van der Waals surface area contributed by atoms with Crippen molar-refractivity contribution in [1.82, 2.24) is 5.32 Å². The summed E-state index contributed by atoms with van der Waals surface area (Å²) in [6.07, 6.45) is 3.74. The second kappa shape index (κ2) is 7.09. The lowest BCUT2D eigenvalue weighted by molar-refractivity contribution is -0.138. The zero-order valence-corrected chi connectivity index (χ0v) is 14.7. The fourth-order valence-electron chi connectivity index (χ4n) is 3.56. The Morgan fingerprint density at radius 3 is 2.68 bits per heavy atom. The number of carbonyl (C=O) groups excluding carboxylic acids is 2. The van der Waals surface area contributed by atoms with Gasteiger partial charge in [0.1, 0.15) is 6.61 Å². The van der Waals surface area contributed by atoms with Crippen LogP contribution in [-0.2, 0) is 14.3 Å². The van der Waals surface area contributed by atoms with Crippen molar-refractivity contribution in [2.45, 2.75) is 39.0 Å². The Hall–Kier alpha value is -2.62. The summed E-state index contributed by atoms with van der Waals surface area (Å²) in [4.78, 5) is 25.4. The molecule has 0 amide bonds. The summed E-state index contributed by atoms with van der Waals surface area (Å²) >= 11 is 0. The normalized spacial score (nSPS) is 20.1. The molecule has 130 valence electrons. The maximum absolute atomic E-state index is 12.7. The molecule has 1 heterocycles. The van der Waals surface area contributed by atoms with Crippen LogP contribution in [0.3, 0.4) is 0 Å². The molecular weight excluding hydrogens is 314 g/mol. The van der Waals surface area contributed by atoms with Gasteiger partial charge in [-0.25, -0.2) is 4.79 Å². The Morgan fingerprint density at radius 1 is 1.28 bits per heavy atom. The van der Waals surface area contributed by atoms with Crippen LogP contribution in [0.1, 0.15) is 43.2 Å². The quantitative estimate of drug-likeness (QED) is 0.672. The number of aryl methyl sites for hydroxylation is 1. The Balaban J connectivity index is 2.11. The number of hydrogen-bond acceptors (Lipinski definition) is 4. The Bertz CT molecular complexity index is 784. The summed E-state index contributed by atoms with van der Waals surface area (Å²) in [5.74, 6) is -0.664. The van der Waals surface area contributed by atoms with Crippen LogP contribution in [0.2, 0.25) is 0 Å². The first-order valence-electron chi connectivity index (χ1n) is 8.61. The molecule has 4 heteroatoms. The fraction of sp³-hybridized carbons (Fsp3) is 0.333. The van der Waals surface area contributed by atoms with Gasteiger partial charge < -0.3 is 10.1 Å². The van der Waals surface area contributed by atoms with Crippen molar-refractivity contribution in [3.63, 3.8) is 0 Å². The molecule has 0 saturated heterocycles. The highest BCUT2D eigenvalue weighted by Gasteiger charge is 2.38. The molecule has 1 atom stereocenters. The topological polar surface area (TPSA) is 55.4 Å². The summed E-state index contributed by atoms with van der Waals surface area (Å²) in [7, 11) is 0. The third-order valence-electron chi connectivity index (χ3n) is 4.74. The number of Topliss-reactive ketones (excluding diaryl/α,β-unsaturated/α-hetero) is 1. The average molecular weight is 337 g/mol. The van der Waals surface area contributed by atoms with Crippen LogP contribution in [0.5, 0.6) is 0 Å². The molecule has 0 unspecified atom stereocenters. The van der Waals surface area contributed by atoms with Crippen LogP contribution in [0.4, 0.5) is 0 Å². The minimum absolute atomic E-state index is 0.112. The zero-order valence-electron chi connectivity index (χ0n) is 14.7. The van der Waals surface area contributed by atoms with E-state index in [1.165, 1.54) is 0 Å². The smallest absolute Gasteiger partial charge is 0.337 e. The molecule has 0 fully saturated rings. The average Bonchev–Trinajstić information content (AvgIpc) is 2.59. The molecule has 1 aromatic rings. The standard InChI is InChI=1S/C21H23NO3/c1-4-12-25-21(24)18-14(3)22-16-6-5-7-17(23)20(16)19(18)15-10-8-13(2)9-11-15/h4,8-11,19,22H,1,5-7,12H2,2-3H3/t19-/m0/s1. The molecule has 1 aliphatic heterocycles. The van der Waals surface area contributed by atoms with Crippen LogP contribution >= 0.6 is 0 Å². The summed E-state index contributed by atoms with van der Waals surface area (Å²) in [5, 5.41) is 3.28. The van der Waals surface area contributed by atoms with E-state index in [1.807, 2.05) is 38.1 Å². The van der Waals surface area contributed by atoms with Gasteiger partial charge in [0.25, 0.3) is 0 Å². The Labute approximate surface area is 148 Å². The van der Waals surface area contributed by atoms with Crippen LogP contribution < -0.4 is 5.32 Å². The fourth-order valence-corrected chi connectivity index (χ4v) is 3.56. The van der Waals surface area contributed by atoms with Crippen LogP contribution in [0.25, 0.3) is 0 Å². The predicted octanol–water partition coefficient (Wildman–Crippen LogP) is 3.69. The van der Waals surface area contributed by atoms with E-state index < -0.39 is 5.97 Å². The lowest BCUT2D eigenvalue weighted by Crippen LogP contribution is -2.34. The number of nitrogens with one attached hydrogen (secondary N) is 1. The molecular formula is C21H23NO3. The van der Waals surface area contributed by atoms with Crippen molar-refractivity contribution >= 4 is 11.8 Å². The first kappa shape index (κ1) is 17.2. The van der Waals surface area contributed by atoms with E-state index in [-0.39, 0.29) is 18.3 Å². The molecule has 0 aromatic heterocycles. The van der Waals surface area contributed by atoms with Crippen molar-refractivity contribution in [2.75, 3.05) is 6.61 Å². The first-order chi connectivity index (χ1) is 12.0. The summed E-state index contributed by atoms with van der Waals surface area (Å²) in [5.41, 5.74) is 5.01. The molecule has 2 aliphatic rings. The van der Waals surface area contributed by atoms with E-state index >= 15 is 0 Å². The molecule has 0 radical (unpaired) electrons. The van der Waals surface area contributed by atoms with Gasteiger partial charge in [-0.05, 0) is 32.3 Å². The third-order valence-corrected chi connectivity index (χ3v) is 4.74. The van der Waals surface area contributed by atoms with Crippen LogP contribution in [0.15, 0.2) is 59.5 Å². The van der Waals surface area contributed by atoms with Gasteiger partial charge in [0.2, 0.25) is 0 Å². The molecule has 4 nitrogen and oxygen atoms in total. The number of benzene rings is 1. The SMILES string of the molecule is C=CCOC(=O)C1=C(C)NC2=C(C(=O)CCC2)[C@H]1c1ccc(C)cc1.